The number of carbonyl (C=O) groups excluding carboxylic acids is 2. The lowest BCUT2D eigenvalue weighted by atomic mass is 10.2. The van der Waals surface area contributed by atoms with E-state index in [0.717, 1.165) is 11.3 Å². The minimum absolute atomic E-state index is 0.242. The first-order valence-electron chi connectivity index (χ1n) is 8.35. The number of anilines is 1. The summed E-state index contributed by atoms with van der Waals surface area (Å²) in [5.41, 5.74) is 1.54. The second-order valence-corrected chi connectivity index (χ2v) is 6.42. The number of ether oxygens (including phenoxy) is 1. The number of hydrogen-bond acceptors (Lipinski definition) is 4. The standard InChI is InChI=1S/C20H22N2O3S/c1-2-25-19(23)13-10-16-8-11-17(12-9-16)22-20(24)21-14-15-26-18-6-4-3-5-7-18/h3-13H,2,14-15H2,1H3,(H2,21,22,24)/b13-10+. The third kappa shape index (κ3) is 7.44. The Morgan fingerprint density at radius 1 is 1.08 bits per heavy atom. The lowest BCUT2D eigenvalue weighted by molar-refractivity contribution is -0.137. The molecule has 0 aliphatic carbocycles. The van der Waals surface area contributed by atoms with Gasteiger partial charge in [-0.1, -0.05) is 30.3 Å². The number of benzene rings is 2. The summed E-state index contributed by atoms with van der Waals surface area (Å²) in [6, 6.07) is 17.0. The SMILES string of the molecule is CCOC(=O)/C=C/c1ccc(NC(=O)NCCSc2ccccc2)cc1. The number of carbonyl (C=O) groups is 2. The zero-order chi connectivity index (χ0) is 18.6. The van der Waals surface area contributed by atoms with Crippen molar-refractivity contribution in [1.82, 2.24) is 5.32 Å². The molecule has 0 radical (unpaired) electrons. The molecule has 0 fully saturated rings. The zero-order valence-corrected chi connectivity index (χ0v) is 15.4. The van der Waals surface area contributed by atoms with E-state index in [9.17, 15) is 9.59 Å². The minimum Gasteiger partial charge on any atom is -0.463 e. The van der Waals surface area contributed by atoms with Gasteiger partial charge in [-0.05, 0) is 42.8 Å². The van der Waals surface area contributed by atoms with Crippen LogP contribution in [0.3, 0.4) is 0 Å². The Morgan fingerprint density at radius 3 is 2.50 bits per heavy atom. The average molecular weight is 370 g/mol. The van der Waals surface area contributed by atoms with E-state index >= 15 is 0 Å². The average Bonchev–Trinajstić information content (AvgIpc) is 2.66. The van der Waals surface area contributed by atoms with Gasteiger partial charge in [0.2, 0.25) is 0 Å². The van der Waals surface area contributed by atoms with Crippen LogP contribution in [0, 0.1) is 0 Å². The topological polar surface area (TPSA) is 67.4 Å². The summed E-state index contributed by atoms with van der Waals surface area (Å²) in [5.74, 6) is 0.428. The summed E-state index contributed by atoms with van der Waals surface area (Å²) < 4.78 is 4.82. The number of nitrogens with one attached hydrogen (secondary N) is 2. The maximum absolute atomic E-state index is 11.9. The van der Waals surface area contributed by atoms with Crippen LogP contribution < -0.4 is 10.6 Å². The van der Waals surface area contributed by atoms with Crippen LogP contribution in [0.4, 0.5) is 10.5 Å². The van der Waals surface area contributed by atoms with E-state index in [2.05, 4.69) is 10.6 Å². The molecular weight excluding hydrogens is 348 g/mol. The van der Waals surface area contributed by atoms with Gasteiger partial charge in [-0.15, -0.1) is 11.8 Å². The van der Waals surface area contributed by atoms with Gasteiger partial charge in [-0.3, -0.25) is 0 Å². The molecule has 2 amide bonds. The molecule has 0 aliphatic heterocycles. The van der Waals surface area contributed by atoms with E-state index in [1.165, 1.54) is 11.0 Å². The fourth-order valence-electron chi connectivity index (χ4n) is 2.06. The molecule has 5 nitrogen and oxygen atoms in total. The molecule has 2 aromatic rings. The molecule has 0 heterocycles. The molecule has 2 N–H and O–H groups in total. The van der Waals surface area contributed by atoms with E-state index in [4.69, 9.17) is 4.74 Å². The summed E-state index contributed by atoms with van der Waals surface area (Å²) in [7, 11) is 0. The number of esters is 1. The molecule has 26 heavy (non-hydrogen) atoms. The lowest BCUT2D eigenvalue weighted by Gasteiger charge is -2.08. The maximum atomic E-state index is 11.9. The summed E-state index contributed by atoms with van der Waals surface area (Å²) >= 11 is 1.69. The molecule has 0 aromatic heterocycles. The summed E-state index contributed by atoms with van der Waals surface area (Å²) in [4.78, 5) is 24.3. The fourth-order valence-corrected chi connectivity index (χ4v) is 2.85. The van der Waals surface area contributed by atoms with E-state index in [-0.39, 0.29) is 12.0 Å². The zero-order valence-electron chi connectivity index (χ0n) is 14.6. The third-order valence-electron chi connectivity index (χ3n) is 3.27. The monoisotopic (exact) mass is 370 g/mol. The smallest absolute Gasteiger partial charge is 0.330 e. The van der Waals surface area contributed by atoms with Gasteiger partial charge in [-0.25, -0.2) is 9.59 Å². The minimum atomic E-state index is -0.373. The van der Waals surface area contributed by atoms with E-state index in [1.54, 1.807) is 36.9 Å². The number of urea groups is 1. The normalized spacial score (nSPS) is 10.5. The van der Waals surface area contributed by atoms with Gasteiger partial charge in [0.25, 0.3) is 0 Å². The molecular formula is C20H22N2O3S. The van der Waals surface area contributed by atoms with E-state index in [0.29, 0.717) is 18.8 Å². The number of amides is 2. The Bertz CT molecular complexity index is 730. The van der Waals surface area contributed by atoms with Crippen molar-refractivity contribution in [1.29, 1.82) is 0 Å². The van der Waals surface area contributed by atoms with Crippen LogP contribution >= 0.6 is 11.8 Å². The van der Waals surface area contributed by atoms with Crippen molar-refractivity contribution in [2.75, 3.05) is 24.2 Å². The Labute approximate surface area is 157 Å². The first kappa shape index (κ1) is 19.6. The molecule has 0 bridgehead atoms. The van der Waals surface area contributed by atoms with Crippen molar-refractivity contribution in [3.8, 4) is 0 Å². The molecule has 0 atom stereocenters. The first-order chi connectivity index (χ1) is 12.7. The Kier molecular flexibility index (Phi) is 8.29. The number of rotatable bonds is 8. The second-order valence-electron chi connectivity index (χ2n) is 5.25. The molecule has 0 aliphatic rings. The molecule has 2 rings (SSSR count). The Hall–Kier alpha value is -2.73. The van der Waals surface area contributed by atoms with Gasteiger partial charge in [0.05, 0.1) is 6.61 Å². The summed E-state index contributed by atoms with van der Waals surface area (Å²) in [6.07, 6.45) is 3.05. The highest BCUT2D eigenvalue weighted by Crippen LogP contribution is 2.16. The van der Waals surface area contributed by atoms with Crippen molar-refractivity contribution < 1.29 is 14.3 Å². The van der Waals surface area contributed by atoms with Crippen molar-refractivity contribution in [2.45, 2.75) is 11.8 Å². The van der Waals surface area contributed by atoms with Crippen LogP contribution in [-0.4, -0.2) is 30.9 Å². The first-order valence-corrected chi connectivity index (χ1v) is 9.33. The van der Waals surface area contributed by atoms with Crippen molar-refractivity contribution in [3.63, 3.8) is 0 Å². The van der Waals surface area contributed by atoms with Crippen molar-refractivity contribution in [2.24, 2.45) is 0 Å². The third-order valence-corrected chi connectivity index (χ3v) is 4.28. The summed E-state index contributed by atoms with van der Waals surface area (Å²) in [5, 5.41) is 5.60. The highest BCUT2D eigenvalue weighted by Gasteiger charge is 2.01. The van der Waals surface area contributed by atoms with E-state index in [1.807, 2.05) is 42.5 Å². The fraction of sp³-hybridized carbons (Fsp3) is 0.200. The predicted octanol–water partition coefficient (Wildman–Crippen LogP) is 4.18. The molecule has 0 unspecified atom stereocenters. The second kappa shape index (κ2) is 11.0. The van der Waals surface area contributed by atoms with Crippen molar-refractivity contribution >= 4 is 35.5 Å². The molecule has 6 heteroatoms. The number of hydrogen-bond donors (Lipinski definition) is 2. The predicted molar refractivity (Wildman–Crippen MR) is 106 cm³/mol. The molecule has 0 spiro atoms. The quantitative estimate of drug-likeness (QED) is 0.317. The number of thioether (sulfide) groups is 1. The van der Waals surface area contributed by atoms with Crippen LogP contribution in [0.25, 0.3) is 6.08 Å². The largest absolute Gasteiger partial charge is 0.463 e. The molecule has 2 aromatic carbocycles. The van der Waals surface area contributed by atoms with Gasteiger partial charge >= 0.3 is 12.0 Å². The van der Waals surface area contributed by atoms with Gasteiger partial charge < -0.3 is 15.4 Å². The van der Waals surface area contributed by atoms with Crippen LogP contribution in [0.1, 0.15) is 12.5 Å². The highest BCUT2D eigenvalue weighted by atomic mass is 32.2. The van der Waals surface area contributed by atoms with Crippen molar-refractivity contribution in [3.05, 3.63) is 66.2 Å². The van der Waals surface area contributed by atoms with Crippen LogP contribution in [-0.2, 0) is 9.53 Å². The highest BCUT2D eigenvalue weighted by molar-refractivity contribution is 7.99. The van der Waals surface area contributed by atoms with Crippen LogP contribution in [0.5, 0.6) is 0 Å². The van der Waals surface area contributed by atoms with Gasteiger partial charge in [0.1, 0.15) is 0 Å². The van der Waals surface area contributed by atoms with Crippen LogP contribution in [0.2, 0.25) is 0 Å². The Morgan fingerprint density at radius 2 is 1.81 bits per heavy atom. The van der Waals surface area contributed by atoms with E-state index < -0.39 is 0 Å². The van der Waals surface area contributed by atoms with Gasteiger partial charge in [0.15, 0.2) is 0 Å². The Balaban J connectivity index is 1.70. The van der Waals surface area contributed by atoms with Gasteiger partial charge in [-0.2, -0.15) is 0 Å². The van der Waals surface area contributed by atoms with Crippen LogP contribution in [0.15, 0.2) is 65.6 Å². The molecule has 136 valence electrons. The lowest BCUT2D eigenvalue weighted by Crippen LogP contribution is -2.30. The molecule has 0 saturated heterocycles. The molecule has 0 saturated carbocycles. The summed E-state index contributed by atoms with van der Waals surface area (Å²) in [6.45, 7) is 2.69. The van der Waals surface area contributed by atoms with Gasteiger partial charge in [0, 0.05) is 29.0 Å². The maximum Gasteiger partial charge on any atom is 0.330 e.